The van der Waals surface area contributed by atoms with Gasteiger partial charge in [-0.15, -0.1) is 11.8 Å². The lowest BCUT2D eigenvalue weighted by atomic mass is 10.2. The third kappa shape index (κ3) is 3.50. The molecule has 0 aromatic heterocycles. The van der Waals surface area contributed by atoms with E-state index < -0.39 is 0 Å². The number of hydrogen-bond acceptors (Lipinski definition) is 2. The van der Waals surface area contributed by atoms with Gasteiger partial charge in [0.2, 0.25) is 0 Å². The van der Waals surface area contributed by atoms with E-state index in [1.807, 2.05) is 0 Å². The summed E-state index contributed by atoms with van der Waals surface area (Å²) in [5, 5.41) is 3.21. The Kier molecular flexibility index (Phi) is 4.66. The normalized spacial score (nSPS) is 10.4. The molecule has 2 aromatic rings. The van der Waals surface area contributed by atoms with Crippen molar-refractivity contribution in [2.75, 3.05) is 11.6 Å². The van der Waals surface area contributed by atoms with Gasteiger partial charge in [0.05, 0.1) is 5.69 Å². The summed E-state index contributed by atoms with van der Waals surface area (Å²) in [6, 6.07) is 12.9. The van der Waals surface area contributed by atoms with Gasteiger partial charge < -0.3 is 5.32 Å². The summed E-state index contributed by atoms with van der Waals surface area (Å²) < 4.78 is 14.0. The number of rotatable bonds is 4. The molecular weight excluding hydrogens is 313 g/mol. The van der Waals surface area contributed by atoms with Gasteiger partial charge in [-0.05, 0) is 58.1 Å². The van der Waals surface area contributed by atoms with Crippen LogP contribution in [0.1, 0.15) is 5.56 Å². The Hall–Kier alpha value is -1.00. The van der Waals surface area contributed by atoms with Crippen molar-refractivity contribution in [3.63, 3.8) is 0 Å². The van der Waals surface area contributed by atoms with Crippen molar-refractivity contribution in [1.29, 1.82) is 0 Å². The van der Waals surface area contributed by atoms with Crippen LogP contribution in [0.5, 0.6) is 0 Å². The molecule has 0 fully saturated rings. The monoisotopic (exact) mass is 325 g/mol. The lowest BCUT2D eigenvalue weighted by Gasteiger charge is -2.09. The van der Waals surface area contributed by atoms with Crippen molar-refractivity contribution in [3.8, 4) is 0 Å². The van der Waals surface area contributed by atoms with E-state index in [9.17, 15) is 4.39 Å². The SMILES string of the molecule is CSc1ccc(CNc2cc(F)ccc2Br)cc1. The molecule has 0 saturated heterocycles. The highest BCUT2D eigenvalue weighted by atomic mass is 79.9. The number of thioether (sulfide) groups is 1. The van der Waals surface area contributed by atoms with Crippen LogP contribution in [0, 0.1) is 5.82 Å². The van der Waals surface area contributed by atoms with Crippen molar-refractivity contribution in [1.82, 2.24) is 0 Å². The zero-order valence-electron chi connectivity index (χ0n) is 9.91. The Bertz CT molecular complexity index is 528. The number of halogens is 2. The molecule has 4 heteroatoms. The first kappa shape index (κ1) is 13.4. The molecule has 0 spiro atoms. The van der Waals surface area contributed by atoms with Crippen LogP contribution in [0.3, 0.4) is 0 Å². The van der Waals surface area contributed by atoms with Gasteiger partial charge in [-0.3, -0.25) is 0 Å². The van der Waals surface area contributed by atoms with Gasteiger partial charge in [-0.1, -0.05) is 12.1 Å². The molecule has 1 nitrogen and oxygen atoms in total. The van der Waals surface area contributed by atoms with Crippen molar-refractivity contribution < 1.29 is 4.39 Å². The smallest absolute Gasteiger partial charge is 0.125 e. The maximum atomic E-state index is 13.1. The average Bonchev–Trinajstić information content (AvgIpc) is 2.40. The second kappa shape index (κ2) is 6.25. The van der Waals surface area contributed by atoms with Gasteiger partial charge in [0, 0.05) is 15.9 Å². The van der Waals surface area contributed by atoms with E-state index in [1.54, 1.807) is 17.8 Å². The van der Waals surface area contributed by atoms with Crippen LogP contribution in [0.2, 0.25) is 0 Å². The topological polar surface area (TPSA) is 12.0 Å². The quantitative estimate of drug-likeness (QED) is 0.800. The first-order valence-electron chi connectivity index (χ1n) is 5.51. The molecule has 0 amide bonds. The molecule has 0 atom stereocenters. The molecule has 2 rings (SSSR count). The molecule has 0 aliphatic carbocycles. The van der Waals surface area contributed by atoms with E-state index in [0.717, 1.165) is 10.2 Å². The molecule has 2 aromatic carbocycles. The zero-order chi connectivity index (χ0) is 13.0. The Morgan fingerprint density at radius 1 is 1.17 bits per heavy atom. The minimum Gasteiger partial charge on any atom is -0.380 e. The predicted octanol–water partition coefficient (Wildman–Crippen LogP) is 4.92. The fraction of sp³-hybridized carbons (Fsp3) is 0.143. The van der Waals surface area contributed by atoms with Crippen LogP contribution in [-0.2, 0) is 6.54 Å². The van der Waals surface area contributed by atoms with Gasteiger partial charge in [-0.25, -0.2) is 4.39 Å². The lowest BCUT2D eigenvalue weighted by molar-refractivity contribution is 0.628. The maximum absolute atomic E-state index is 13.1. The Labute approximate surface area is 119 Å². The van der Waals surface area contributed by atoms with E-state index in [1.165, 1.54) is 22.6 Å². The number of hydrogen-bond donors (Lipinski definition) is 1. The fourth-order valence-electron chi connectivity index (χ4n) is 1.57. The van der Waals surface area contributed by atoms with E-state index in [-0.39, 0.29) is 5.82 Å². The van der Waals surface area contributed by atoms with E-state index in [0.29, 0.717) is 6.54 Å². The molecule has 94 valence electrons. The predicted molar refractivity (Wildman–Crippen MR) is 79.6 cm³/mol. The minimum absolute atomic E-state index is 0.238. The lowest BCUT2D eigenvalue weighted by Crippen LogP contribution is -2.00. The number of benzene rings is 2. The van der Waals surface area contributed by atoms with Crippen LogP contribution in [0.25, 0.3) is 0 Å². The van der Waals surface area contributed by atoms with E-state index >= 15 is 0 Å². The van der Waals surface area contributed by atoms with Gasteiger partial charge in [0.1, 0.15) is 5.82 Å². The molecule has 0 aliphatic rings. The summed E-state index contributed by atoms with van der Waals surface area (Å²) in [6.07, 6.45) is 2.05. The van der Waals surface area contributed by atoms with Crippen molar-refractivity contribution in [2.45, 2.75) is 11.4 Å². The molecule has 0 heterocycles. The summed E-state index contributed by atoms with van der Waals surface area (Å²) >= 11 is 5.11. The Balaban J connectivity index is 2.04. The second-order valence-corrected chi connectivity index (χ2v) is 5.56. The highest BCUT2D eigenvalue weighted by Gasteiger charge is 2.01. The largest absolute Gasteiger partial charge is 0.380 e. The van der Waals surface area contributed by atoms with Crippen LogP contribution >= 0.6 is 27.7 Å². The van der Waals surface area contributed by atoms with Crippen molar-refractivity contribution in [3.05, 3.63) is 58.3 Å². The zero-order valence-corrected chi connectivity index (χ0v) is 12.3. The van der Waals surface area contributed by atoms with Crippen LogP contribution in [0.4, 0.5) is 10.1 Å². The van der Waals surface area contributed by atoms with E-state index in [4.69, 9.17) is 0 Å². The Morgan fingerprint density at radius 2 is 1.89 bits per heavy atom. The highest BCUT2D eigenvalue weighted by molar-refractivity contribution is 9.10. The highest BCUT2D eigenvalue weighted by Crippen LogP contribution is 2.24. The Morgan fingerprint density at radius 3 is 2.56 bits per heavy atom. The van der Waals surface area contributed by atoms with Gasteiger partial charge in [-0.2, -0.15) is 0 Å². The molecular formula is C14H13BrFNS. The standard InChI is InChI=1S/C14H13BrFNS/c1-18-12-5-2-10(3-6-12)9-17-14-8-11(16)4-7-13(14)15/h2-8,17H,9H2,1H3. The molecule has 0 bridgehead atoms. The average molecular weight is 326 g/mol. The number of nitrogens with one attached hydrogen (secondary N) is 1. The third-order valence-corrected chi connectivity index (χ3v) is 4.01. The van der Waals surface area contributed by atoms with E-state index in [2.05, 4.69) is 51.8 Å². The van der Waals surface area contributed by atoms with Gasteiger partial charge in [0.15, 0.2) is 0 Å². The first-order valence-corrected chi connectivity index (χ1v) is 7.52. The molecule has 0 aliphatic heterocycles. The number of anilines is 1. The summed E-state index contributed by atoms with van der Waals surface area (Å²) in [5.41, 5.74) is 1.94. The maximum Gasteiger partial charge on any atom is 0.125 e. The second-order valence-electron chi connectivity index (χ2n) is 3.83. The summed E-state index contributed by atoms with van der Waals surface area (Å²) in [7, 11) is 0. The van der Waals surface area contributed by atoms with Crippen LogP contribution in [-0.4, -0.2) is 6.26 Å². The fourth-order valence-corrected chi connectivity index (χ4v) is 2.37. The van der Waals surface area contributed by atoms with Crippen molar-refractivity contribution >= 4 is 33.4 Å². The molecule has 0 radical (unpaired) electrons. The van der Waals surface area contributed by atoms with Gasteiger partial charge in [0.25, 0.3) is 0 Å². The summed E-state index contributed by atoms with van der Waals surface area (Å²) in [5.74, 6) is -0.238. The first-order chi connectivity index (χ1) is 8.69. The molecule has 0 saturated carbocycles. The van der Waals surface area contributed by atoms with Crippen LogP contribution < -0.4 is 5.32 Å². The third-order valence-electron chi connectivity index (χ3n) is 2.57. The van der Waals surface area contributed by atoms with Gasteiger partial charge >= 0.3 is 0 Å². The summed E-state index contributed by atoms with van der Waals surface area (Å²) in [4.78, 5) is 1.24. The molecule has 0 unspecified atom stereocenters. The molecule has 1 N–H and O–H groups in total. The van der Waals surface area contributed by atoms with Crippen LogP contribution in [0.15, 0.2) is 51.8 Å². The minimum atomic E-state index is -0.238. The van der Waals surface area contributed by atoms with Crippen molar-refractivity contribution in [2.24, 2.45) is 0 Å². The molecule has 18 heavy (non-hydrogen) atoms. The summed E-state index contributed by atoms with van der Waals surface area (Å²) in [6.45, 7) is 0.677.